The lowest BCUT2D eigenvalue weighted by Gasteiger charge is -2.17. The number of ether oxygens (including phenoxy) is 10. The average molecular weight is 959 g/mol. The molecule has 2 aliphatic rings. The first-order valence-electron chi connectivity index (χ1n) is 22.6. The Labute approximate surface area is 405 Å². The van der Waals surface area contributed by atoms with Crippen molar-refractivity contribution in [3.05, 3.63) is 156 Å². The Balaban J connectivity index is 0.892. The van der Waals surface area contributed by atoms with Gasteiger partial charge in [-0.25, -0.2) is 28.8 Å². The molecule has 0 N–H and O–H groups in total. The smallest absolute Gasteiger partial charge is 0.343 e. The number of benzene rings is 4. The molecule has 0 saturated carbocycles. The SMILES string of the molecule is C=CC(=O)OCCCCOc1ccc(C(=O)Oc2ccc(/C=C(\C)C(=O)O[C@H]3COC4C3OC[C@H]4OC(=O)/C(C)=C/c3ccc(OC(=O)c4ccc(OCCCCOC(=O)C=C)cc4)cc3)cc2)cc1. The molecular formula is C54H54O16. The van der Waals surface area contributed by atoms with Crippen molar-refractivity contribution in [3.63, 3.8) is 0 Å². The van der Waals surface area contributed by atoms with Gasteiger partial charge in [-0.3, -0.25) is 0 Å². The maximum Gasteiger partial charge on any atom is 0.343 e. The standard InChI is InChI=1S/C54H54O16/c1-5-47(55)63-29-9-7-27-61-41-23-15-39(16-24-41)53(59)67-43-19-11-37(12-20-43)31-35(3)51(57)69-45-33-65-50-46(34-66-49(45)50)70-52(58)36(4)32-38-13-21-44(22-14-38)68-54(60)40-17-25-42(26-18-40)62-28-8-10-30-64-48(56)6-2/h5-6,11-26,31-32,45-46,49-50H,1-2,7-10,27-30,33-34H2,3-4H3/b35-31+,36-32+/t45-,46+,49?,50?. The summed E-state index contributed by atoms with van der Waals surface area (Å²) in [5, 5.41) is 0. The Morgan fingerprint density at radius 3 is 1.20 bits per heavy atom. The van der Waals surface area contributed by atoms with Crippen molar-refractivity contribution in [3.8, 4) is 23.0 Å². The van der Waals surface area contributed by atoms with Gasteiger partial charge in [-0.05, 0) is 136 Å². The summed E-state index contributed by atoms with van der Waals surface area (Å²) in [5.41, 5.74) is 2.63. The summed E-state index contributed by atoms with van der Waals surface area (Å²) in [6, 6.07) is 26.3. The lowest BCUT2D eigenvalue weighted by Crippen LogP contribution is -2.36. The van der Waals surface area contributed by atoms with E-state index < -0.39 is 60.2 Å². The first-order valence-corrected chi connectivity index (χ1v) is 22.6. The van der Waals surface area contributed by atoms with Crippen LogP contribution < -0.4 is 18.9 Å². The van der Waals surface area contributed by atoms with Gasteiger partial charge in [-0.1, -0.05) is 37.4 Å². The Kier molecular flexibility index (Phi) is 19.2. The predicted molar refractivity (Wildman–Crippen MR) is 254 cm³/mol. The molecule has 2 fully saturated rings. The van der Waals surface area contributed by atoms with Gasteiger partial charge in [0.15, 0.2) is 12.2 Å². The van der Waals surface area contributed by atoms with E-state index in [-0.39, 0.29) is 26.4 Å². The van der Waals surface area contributed by atoms with Crippen molar-refractivity contribution >= 4 is 48.0 Å². The van der Waals surface area contributed by atoms with Crippen LogP contribution in [0.25, 0.3) is 12.2 Å². The van der Waals surface area contributed by atoms with Crippen LogP contribution in [0.4, 0.5) is 0 Å². The number of carbonyl (C=O) groups excluding carboxylic acids is 6. The van der Waals surface area contributed by atoms with Gasteiger partial charge in [0.1, 0.15) is 35.2 Å². The van der Waals surface area contributed by atoms with Crippen LogP contribution in [0.2, 0.25) is 0 Å². The number of fused-ring (bicyclic) bond motifs is 1. The highest BCUT2D eigenvalue weighted by molar-refractivity contribution is 5.94. The molecule has 2 aliphatic heterocycles. The fourth-order valence-electron chi connectivity index (χ4n) is 6.93. The minimum Gasteiger partial charge on any atom is -0.494 e. The molecule has 4 aromatic rings. The summed E-state index contributed by atoms with van der Waals surface area (Å²) in [6.45, 7) is 11.4. The highest BCUT2D eigenvalue weighted by Crippen LogP contribution is 2.32. The van der Waals surface area contributed by atoms with Crippen molar-refractivity contribution in [1.29, 1.82) is 0 Å². The normalized spacial score (nSPS) is 17.3. The summed E-state index contributed by atoms with van der Waals surface area (Å²) in [7, 11) is 0. The Morgan fingerprint density at radius 2 is 0.843 bits per heavy atom. The molecule has 0 radical (unpaired) electrons. The van der Waals surface area contributed by atoms with E-state index in [9.17, 15) is 28.8 Å². The van der Waals surface area contributed by atoms with Gasteiger partial charge < -0.3 is 47.4 Å². The molecule has 2 saturated heterocycles. The maximum atomic E-state index is 13.1. The second-order valence-electron chi connectivity index (χ2n) is 16.0. The zero-order chi connectivity index (χ0) is 49.8. The molecule has 0 amide bonds. The number of hydrogen-bond donors (Lipinski definition) is 0. The van der Waals surface area contributed by atoms with Crippen LogP contribution in [0, 0.1) is 0 Å². The van der Waals surface area contributed by atoms with E-state index in [0.29, 0.717) is 95.3 Å². The highest BCUT2D eigenvalue weighted by atomic mass is 16.7. The van der Waals surface area contributed by atoms with Gasteiger partial charge >= 0.3 is 35.8 Å². The number of rotatable bonds is 24. The van der Waals surface area contributed by atoms with E-state index in [1.54, 1.807) is 123 Å². The number of esters is 6. The van der Waals surface area contributed by atoms with Crippen molar-refractivity contribution in [2.24, 2.45) is 0 Å². The van der Waals surface area contributed by atoms with Crippen molar-refractivity contribution in [2.45, 2.75) is 63.9 Å². The summed E-state index contributed by atoms with van der Waals surface area (Å²) >= 11 is 0. The molecule has 2 heterocycles. The first-order chi connectivity index (χ1) is 33.9. The summed E-state index contributed by atoms with van der Waals surface area (Å²) in [5.74, 6) is -1.40. The van der Waals surface area contributed by atoms with Crippen LogP contribution in [0.5, 0.6) is 23.0 Å². The fraction of sp³-hybridized carbons (Fsp3) is 0.296. The zero-order valence-electron chi connectivity index (χ0n) is 38.9. The summed E-state index contributed by atoms with van der Waals surface area (Å²) < 4.78 is 55.6. The quantitative estimate of drug-likeness (QED) is 0.0215. The lowest BCUT2D eigenvalue weighted by molar-refractivity contribution is -0.150. The molecule has 0 aliphatic carbocycles. The second-order valence-corrected chi connectivity index (χ2v) is 16.0. The summed E-state index contributed by atoms with van der Waals surface area (Å²) in [6.07, 6.45) is 5.43. The van der Waals surface area contributed by atoms with Crippen LogP contribution in [0.15, 0.2) is 134 Å². The monoisotopic (exact) mass is 958 g/mol. The third kappa shape index (κ3) is 15.6. The van der Waals surface area contributed by atoms with Gasteiger partial charge in [0.2, 0.25) is 0 Å². The Morgan fingerprint density at radius 1 is 0.500 bits per heavy atom. The number of unbranched alkanes of at least 4 members (excludes halogenated alkanes) is 2. The molecule has 366 valence electrons. The van der Waals surface area contributed by atoms with Crippen LogP contribution in [-0.4, -0.2) is 99.9 Å². The second kappa shape index (κ2) is 26.1. The van der Waals surface area contributed by atoms with Crippen LogP contribution in [-0.2, 0) is 47.6 Å². The molecule has 2 unspecified atom stereocenters. The van der Waals surface area contributed by atoms with Crippen LogP contribution in [0.1, 0.15) is 71.4 Å². The van der Waals surface area contributed by atoms with Crippen molar-refractivity contribution in [1.82, 2.24) is 0 Å². The number of carbonyl (C=O) groups is 6. The fourth-order valence-corrected chi connectivity index (χ4v) is 6.93. The van der Waals surface area contributed by atoms with E-state index in [4.69, 9.17) is 47.4 Å². The molecule has 0 bridgehead atoms. The molecule has 4 atom stereocenters. The number of hydrogen-bond acceptors (Lipinski definition) is 16. The largest absolute Gasteiger partial charge is 0.494 e. The molecule has 6 rings (SSSR count). The molecule has 4 aromatic carbocycles. The van der Waals surface area contributed by atoms with Crippen LogP contribution in [0.3, 0.4) is 0 Å². The Hall–Kier alpha value is -7.82. The van der Waals surface area contributed by atoms with Crippen molar-refractivity contribution in [2.75, 3.05) is 39.6 Å². The molecule has 70 heavy (non-hydrogen) atoms. The van der Waals surface area contributed by atoms with Gasteiger partial charge in [-0.2, -0.15) is 0 Å². The topological polar surface area (TPSA) is 195 Å². The molecule has 0 spiro atoms. The maximum absolute atomic E-state index is 13.1. The van der Waals surface area contributed by atoms with E-state index >= 15 is 0 Å². The van der Waals surface area contributed by atoms with E-state index in [1.807, 2.05) is 0 Å². The third-order valence-corrected chi connectivity index (χ3v) is 10.7. The lowest BCUT2D eigenvalue weighted by atomic mass is 10.1. The van der Waals surface area contributed by atoms with E-state index in [2.05, 4.69) is 13.2 Å². The Bertz CT molecular complexity index is 2350. The minimum absolute atomic E-state index is 0.0551. The first kappa shape index (κ1) is 51.6. The summed E-state index contributed by atoms with van der Waals surface area (Å²) in [4.78, 5) is 74.0. The van der Waals surface area contributed by atoms with Gasteiger partial charge in [-0.15, -0.1) is 0 Å². The van der Waals surface area contributed by atoms with Gasteiger partial charge in [0, 0.05) is 23.3 Å². The molecule has 0 aromatic heterocycles. The molecule has 16 heteroatoms. The van der Waals surface area contributed by atoms with E-state index in [1.165, 1.54) is 0 Å². The molecule has 16 nitrogen and oxygen atoms in total. The van der Waals surface area contributed by atoms with Crippen LogP contribution >= 0.6 is 0 Å². The van der Waals surface area contributed by atoms with Crippen molar-refractivity contribution < 1.29 is 76.1 Å². The van der Waals surface area contributed by atoms with E-state index in [0.717, 1.165) is 12.2 Å². The highest BCUT2D eigenvalue weighted by Gasteiger charge is 2.51. The third-order valence-electron chi connectivity index (χ3n) is 10.7. The minimum atomic E-state index is -0.727. The predicted octanol–water partition coefficient (Wildman–Crippen LogP) is 8.03. The molecular weight excluding hydrogens is 905 g/mol. The van der Waals surface area contributed by atoms with Gasteiger partial charge in [0.25, 0.3) is 0 Å². The average Bonchev–Trinajstić information content (AvgIpc) is 3.97. The van der Waals surface area contributed by atoms with Gasteiger partial charge in [0.05, 0.1) is 50.8 Å². The zero-order valence-corrected chi connectivity index (χ0v) is 38.9.